The number of carbonyl (C=O) groups excluding carboxylic acids is 3. The Morgan fingerprint density at radius 3 is 2.40 bits per heavy atom. The molecule has 1 aliphatic heterocycles. The summed E-state index contributed by atoms with van der Waals surface area (Å²) >= 11 is 0. The smallest absolute Gasteiger partial charge is 0.410 e. The summed E-state index contributed by atoms with van der Waals surface area (Å²) in [6.07, 6.45) is 2.42. The number of hydrogen-bond acceptors (Lipinski definition) is 5. The van der Waals surface area contributed by atoms with Crippen LogP contribution in [-0.2, 0) is 32.0 Å². The number of carboxylic acid groups (broad SMARTS) is 1. The quantitative estimate of drug-likeness (QED) is 0.323. The minimum Gasteiger partial charge on any atom is -0.480 e. The number of ether oxygens (including phenoxy) is 1. The summed E-state index contributed by atoms with van der Waals surface area (Å²) in [5.74, 6) is -2.29. The number of nitrogens with zero attached hydrogens (tertiary/aromatic N) is 1. The molecular formula is C30H36N4O6. The number of aromatic nitrogens is 1. The number of fused-ring (bicyclic) bond motifs is 1. The van der Waals surface area contributed by atoms with E-state index in [-0.39, 0.29) is 12.8 Å². The average Bonchev–Trinajstić information content (AvgIpc) is 3.55. The summed E-state index contributed by atoms with van der Waals surface area (Å²) in [5.41, 5.74) is 1.70. The van der Waals surface area contributed by atoms with Gasteiger partial charge in [-0.2, -0.15) is 0 Å². The van der Waals surface area contributed by atoms with Crippen LogP contribution < -0.4 is 10.6 Å². The molecule has 2 aromatic carbocycles. The van der Waals surface area contributed by atoms with Crippen LogP contribution in [0.1, 0.15) is 44.7 Å². The number of aliphatic carboxylic acids is 1. The molecule has 4 N–H and O–H groups in total. The molecule has 0 unspecified atom stereocenters. The first-order chi connectivity index (χ1) is 19.0. The predicted molar refractivity (Wildman–Crippen MR) is 150 cm³/mol. The van der Waals surface area contributed by atoms with Gasteiger partial charge in [0.25, 0.3) is 0 Å². The van der Waals surface area contributed by atoms with Gasteiger partial charge < -0.3 is 25.5 Å². The van der Waals surface area contributed by atoms with Crippen molar-refractivity contribution in [3.8, 4) is 0 Å². The van der Waals surface area contributed by atoms with Crippen LogP contribution in [0.3, 0.4) is 0 Å². The molecule has 1 aromatic heterocycles. The lowest BCUT2D eigenvalue weighted by molar-refractivity contribution is -0.142. The number of benzene rings is 2. The van der Waals surface area contributed by atoms with Crippen molar-refractivity contribution in [3.63, 3.8) is 0 Å². The molecule has 0 spiro atoms. The van der Waals surface area contributed by atoms with Crippen molar-refractivity contribution >= 4 is 34.8 Å². The highest BCUT2D eigenvalue weighted by atomic mass is 16.6. The maximum absolute atomic E-state index is 13.5. The van der Waals surface area contributed by atoms with Gasteiger partial charge in [0.15, 0.2) is 0 Å². The van der Waals surface area contributed by atoms with E-state index in [1.54, 1.807) is 27.0 Å². The van der Waals surface area contributed by atoms with Gasteiger partial charge in [-0.05, 0) is 50.8 Å². The molecule has 3 aromatic rings. The zero-order chi connectivity index (χ0) is 28.9. The minimum atomic E-state index is -1.22. The van der Waals surface area contributed by atoms with Gasteiger partial charge in [-0.25, -0.2) is 9.59 Å². The van der Waals surface area contributed by atoms with Crippen LogP contribution in [0, 0.1) is 0 Å². The topological polar surface area (TPSA) is 141 Å². The monoisotopic (exact) mass is 548 g/mol. The van der Waals surface area contributed by atoms with E-state index in [0.29, 0.717) is 19.4 Å². The molecule has 1 aliphatic rings. The Bertz CT molecular complexity index is 1360. The number of likely N-dealkylation sites (tertiary alicyclic amines) is 1. The molecule has 0 saturated carbocycles. The molecule has 1 fully saturated rings. The fourth-order valence-electron chi connectivity index (χ4n) is 4.90. The van der Waals surface area contributed by atoms with Crippen molar-refractivity contribution in [3.05, 3.63) is 71.9 Å². The highest BCUT2D eigenvalue weighted by Crippen LogP contribution is 2.22. The fraction of sp³-hybridized carbons (Fsp3) is 0.400. The third-order valence-electron chi connectivity index (χ3n) is 6.81. The fourth-order valence-corrected chi connectivity index (χ4v) is 4.90. The van der Waals surface area contributed by atoms with E-state index in [9.17, 15) is 24.3 Å². The van der Waals surface area contributed by atoms with Crippen molar-refractivity contribution in [2.24, 2.45) is 0 Å². The van der Waals surface area contributed by atoms with Crippen molar-refractivity contribution in [1.82, 2.24) is 20.5 Å². The molecule has 10 heteroatoms. The van der Waals surface area contributed by atoms with Crippen molar-refractivity contribution in [2.75, 3.05) is 6.54 Å². The molecule has 3 atom stereocenters. The van der Waals surface area contributed by atoms with Gasteiger partial charge in [0, 0.05) is 36.5 Å². The van der Waals surface area contributed by atoms with E-state index in [1.807, 2.05) is 54.6 Å². The van der Waals surface area contributed by atoms with E-state index in [0.717, 1.165) is 22.0 Å². The number of rotatable bonds is 9. The second-order valence-corrected chi connectivity index (χ2v) is 11.0. The first kappa shape index (κ1) is 28.7. The number of H-pyrrole nitrogens is 1. The van der Waals surface area contributed by atoms with Crippen molar-refractivity contribution in [1.29, 1.82) is 0 Å². The second-order valence-electron chi connectivity index (χ2n) is 11.0. The van der Waals surface area contributed by atoms with Crippen LogP contribution >= 0.6 is 0 Å². The highest BCUT2D eigenvalue weighted by molar-refractivity contribution is 5.93. The number of amides is 3. The van der Waals surface area contributed by atoms with Gasteiger partial charge in [0.2, 0.25) is 11.8 Å². The lowest BCUT2D eigenvalue weighted by Gasteiger charge is -2.29. The predicted octanol–water partition coefficient (Wildman–Crippen LogP) is 3.41. The van der Waals surface area contributed by atoms with Gasteiger partial charge in [0.05, 0.1) is 0 Å². The van der Waals surface area contributed by atoms with Gasteiger partial charge >= 0.3 is 12.1 Å². The number of para-hydroxylation sites is 1. The van der Waals surface area contributed by atoms with Crippen LogP contribution in [-0.4, -0.2) is 69.1 Å². The van der Waals surface area contributed by atoms with Crippen molar-refractivity contribution in [2.45, 2.75) is 70.2 Å². The van der Waals surface area contributed by atoms with E-state index >= 15 is 0 Å². The molecule has 212 valence electrons. The summed E-state index contributed by atoms with van der Waals surface area (Å²) < 4.78 is 5.47. The molecular weight excluding hydrogens is 512 g/mol. The van der Waals surface area contributed by atoms with E-state index in [2.05, 4.69) is 15.6 Å². The van der Waals surface area contributed by atoms with E-state index in [4.69, 9.17) is 4.74 Å². The lowest BCUT2D eigenvalue weighted by atomic mass is 10.0. The summed E-state index contributed by atoms with van der Waals surface area (Å²) in [5, 5.41) is 16.2. The molecule has 3 amide bonds. The SMILES string of the molecule is CC(C)(C)OC(=O)N1CCC[C@H]1C(=O)N[C@@H](Cc1ccccc1)C(=O)N[C@@H](Cc1c[nH]c2ccccc12)C(=O)O. The van der Waals surface area contributed by atoms with E-state index < -0.39 is 47.6 Å². The third kappa shape index (κ3) is 7.19. The Kier molecular flexibility index (Phi) is 8.77. The summed E-state index contributed by atoms with van der Waals surface area (Å²) in [4.78, 5) is 56.3. The van der Waals surface area contributed by atoms with Crippen LogP contribution in [0.5, 0.6) is 0 Å². The van der Waals surface area contributed by atoms with Gasteiger partial charge in [-0.3, -0.25) is 14.5 Å². The molecule has 2 heterocycles. The Morgan fingerprint density at radius 1 is 1.00 bits per heavy atom. The Balaban J connectivity index is 1.51. The number of nitrogens with one attached hydrogen (secondary N) is 3. The first-order valence-corrected chi connectivity index (χ1v) is 13.4. The number of carboxylic acids is 1. The molecule has 0 bridgehead atoms. The molecule has 1 saturated heterocycles. The summed E-state index contributed by atoms with van der Waals surface area (Å²) in [7, 11) is 0. The average molecular weight is 549 g/mol. The molecule has 10 nitrogen and oxygen atoms in total. The zero-order valence-electron chi connectivity index (χ0n) is 23.0. The van der Waals surface area contributed by atoms with Crippen LogP contribution in [0.4, 0.5) is 4.79 Å². The number of aromatic amines is 1. The third-order valence-corrected chi connectivity index (χ3v) is 6.81. The lowest BCUT2D eigenvalue weighted by Crippen LogP contribution is -2.56. The van der Waals surface area contributed by atoms with Gasteiger partial charge in [0.1, 0.15) is 23.7 Å². The Morgan fingerprint density at radius 2 is 1.70 bits per heavy atom. The van der Waals surface area contributed by atoms with E-state index in [1.165, 1.54) is 4.90 Å². The molecule has 4 rings (SSSR count). The maximum atomic E-state index is 13.5. The summed E-state index contributed by atoms with van der Waals surface area (Å²) in [6, 6.07) is 13.6. The van der Waals surface area contributed by atoms with Gasteiger partial charge in [-0.15, -0.1) is 0 Å². The zero-order valence-corrected chi connectivity index (χ0v) is 23.0. The normalized spacial score (nSPS) is 16.8. The van der Waals surface area contributed by atoms with Crippen molar-refractivity contribution < 1.29 is 29.0 Å². The second kappa shape index (κ2) is 12.2. The maximum Gasteiger partial charge on any atom is 0.410 e. The minimum absolute atomic E-state index is 0.0616. The Labute approximate surface area is 233 Å². The number of carbonyl (C=O) groups is 4. The Hall–Kier alpha value is -4.34. The molecule has 0 radical (unpaired) electrons. The standard InChI is InChI=1S/C30H36N4O6/c1-30(2,3)40-29(39)34-15-9-14-25(34)27(36)32-23(16-19-10-5-4-6-11-19)26(35)33-24(28(37)38)17-20-18-31-22-13-8-7-12-21(20)22/h4-8,10-13,18,23-25,31H,9,14-17H2,1-3H3,(H,32,36)(H,33,35)(H,37,38)/t23-,24-,25-/m0/s1. The summed E-state index contributed by atoms with van der Waals surface area (Å²) in [6.45, 7) is 5.64. The number of hydrogen-bond donors (Lipinski definition) is 4. The molecule has 0 aliphatic carbocycles. The first-order valence-electron chi connectivity index (χ1n) is 13.4. The molecule has 40 heavy (non-hydrogen) atoms. The highest BCUT2D eigenvalue weighted by Gasteiger charge is 2.38. The van der Waals surface area contributed by atoms with Crippen LogP contribution in [0.15, 0.2) is 60.8 Å². The van der Waals surface area contributed by atoms with Gasteiger partial charge in [-0.1, -0.05) is 48.5 Å². The largest absolute Gasteiger partial charge is 0.480 e. The van der Waals surface area contributed by atoms with Crippen LogP contribution in [0.2, 0.25) is 0 Å². The van der Waals surface area contributed by atoms with Crippen LogP contribution in [0.25, 0.3) is 10.9 Å².